The standard InChI is InChI=1S/C17H16N4O/c1-11-16(7-15(19)10-20-11)14-6-13(8-18)17(21-9-14)12-2-4-22-5-3-12/h2,6-7,9-10H,3-5,19H2,1H3. The minimum absolute atomic E-state index is 0.562. The first-order chi connectivity index (χ1) is 10.7. The number of aryl methyl sites for hydroxylation is 1. The fourth-order valence-corrected chi connectivity index (χ4v) is 2.54. The fourth-order valence-electron chi connectivity index (χ4n) is 2.54. The van der Waals surface area contributed by atoms with Gasteiger partial charge in [0.2, 0.25) is 0 Å². The highest BCUT2D eigenvalue weighted by Gasteiger charge is 2.14. The average Bonchev–Trinajstić information content (AvgIpc) is 2.57. The van der Waals surface area contributed by atoms with Crippen molar-refractivity contribution in [1.82, 2.24) is 9.97 Å². The number of nitrogen functional groups attached to an aromatic ring is 1. The average molecular weight is 292 g/mol. The van der Waals surface area contributed by atoms with Crippen molar-refractivity contribution >= 4 is 11.3 Å². The molecule has 0 spiro atoms. The minimum atomic E-state index is 0.562. The van der Waals surface area contributed by atoms with E-state index in [1.807, 2.05) is 25.1 Å². The van der Waals surface area contributed by atoms with Crippen molar-refractivity contribution < 1.29 is 4.74 Å². The van der Waals surface area contributed by atoms with Crippen LogP contribution in [0.4, 0.5) is 5.69 Å². The molecule has 5 nitrogen and oxygen atoms in total. The van der Waals surface area contributed by atoms with Crippen molar-refractivity contribution in [3.8, 4) is 17.2 Å². The first-order valence-corrected chi connectivity index (χ1v) is 7.09. The molecule has 2 aromatic rings. The van der Waals surface area contributed by atoms with Crippen LogP contribution >= 0.6 is 0 Å². The molecule has 0 aliphatic carbocycles. The number of ether oxygens (including phenoxy) is 1. The number of aromatic nitrogens is 2. The van der Waals surface area contributed by atoms with Crippen molar-refractivity contribution in [2.45, 2.75) is 13.3 Å². The predicted octanol–water partition coefficient (Wildman–Crippen LogP) is 2.71. The molecule has 0 fully saturated rings. The predicted molar refractivity (Wildman–Crippen MR) is 84.7 cm³/mol. The van der Waals surface area contributed by atoms with Gasteiger partial charge in [-0.25, -0.2) is 0 Å². The number of hydrogen-bond donors (Lipinski definition) is 1. The second-order valence-corrected chi connectivity index (χ2v) is 5.19. The Balaban J connectivity index is 2.07. The molecule has 0 unspecified atom stereocenters. The van der Waals surface area contributed by atoms with E-state index < -0.39 is 0 Å². The summed E-state index contributed by atoms with van der Waals surface area (Å²) in [7, 11) is 0. The highest BCUT2D eigenvalue weighted by molar-refractivity contribution is 5.74. The van der Waals surface area contributed by atoms with Crippen LogP contribution in [0.25, 0.3) is 16.7 Å². The van der Waals surface area contributed by atoms with Gasteiger partial charge in [-0.1, -0.05) is 6.08 Å². The summed E-state index contributed by atoms with van der Waals surface area (Å²) in [5, 5.41) is 9.46. The molecule has 22 heavy (non-hydrogen) atoms. The second-order valence-electron chi connectivity index (χ2n) is 5.19. The molecule has 0 amide bonds. The Morgan fingerprint density at radius 1 is 1.27 bits per heavy atom. The lowest BCUT2D eigenvalue weighted by molar-refractivity contribution is 0.161. The van der Waals surface area contributed by atoms with Crippen molar-refractivity contribution in [2.75, 3.05) is 18.9 Å². The number of nitriles is 1. The van der Waals surface area contributed by atoms with Crippen LogP contribution in [0.3, 0.4) is 0 Å². The molecule has 0 radical (unpaired) electrons. The van der Waals surface area contributed by atoms with E-state index in [2.05, 4.69) is 16.0 Å². The van der Waals surface area contributed by atoms with Crippen LogP contribution in [0.15, 0.2) is 30.6 Å². The molecule has 2 aromatic heterocycles. The topological polar surface area (TPSA) is 84.8 Å². The van der Waals surface area contributed by atoms with E-state index in [1.54, 1.807) is 12.4 Å². The van der Waals surface area contributed by atoms with Crippen LogP contribution in [0, 0.1) is 18.3 Å². The van der Waals surface area contributed by atoms with Crippen LogP contribution in [0.1, 0.15) is 23.4 Å². The Hall–Kier alpha value is -2.71. The first-order valence-electron chi connectivity index (χ1n) is 7.09. The SMILES string of the molecule is Cc1ncc(N)cc1-c1cnc(C2=CCOCC2)c(C#N)c1. The van der Waals surface area contributed by atoms with E-state index in [4.69, 9.17) is 10.5 Å². The van der Waals surface area contributed by atoms with Gasteiger partial charge in [0.1, 0.15) is 6.07 Å². The third-order valence-corrected chi connectivity index (χ3v) is 3.69. The lowest BCUT2D eigenvalue weighted by Crippen LogP contribution is -2.06. The van der Waals surface area contributed by atoms with E-state index in [0.717, 1.165) is 34.5 Å². The van der Waals surface area contributed by atoms with Crippen molar-refractivity contribution in [2.24, 2.45) is 0 Å². The summed E-state index contributed by atoms with van der Waals surface area (Å²) < 4.78 is 5.31. The summed E-state index contributed by atoms with van der Waals surface area (Å²) in [6.45, 7) is 3.15. The van der Waals surface area contributed by atoms with Crippen molar-refractivity contribution in [1.29, 1.82) is 5.26 Å². The fraction of sp³-hybridized carbons (Fsp3) is 0.235. The number of nitrogens with two attached hydrogens (primary N) is 1. The highest BCUT2D eigenvalue weighted by Crippen LogP contribution is 2.28. The number of rotatable bonds is 2. The molecule has 3 heterocycles. The van der Waals surface area contributed by atoms with Crippen LogP contribution < -0.4 is 5.73 Å². The molecule has 0 saturated heterocycles. The van der Waals surface area contributed by atoms with Gasteiger partial charge in [0.25, 0.3) is 0 Å². The van der Waals surface area contributed by atoms with Gasteiger partial charge in [0.15, 0.2) is 0 Å². The van der Waals surface area contributed by atoms with E-state index in [0.29, 0.717) is 24.5 Å². The molecule has 0 atom stereocenters. The second kappa shape index (κ2) is 5.96. The van der Waals surface area contributed by atoms with Gasteiger partial charge in [-0.05, 0) is 31.1 Å². The third kappa shape index (κ3) is 2.69. The Morgan fingerprint density at radius 2 is 2.14 bits per heavy atom. The molecule has 110 valence electrons. The monoisotopic (exact) mass is 292 g/mol. The molecular weight excluding hydrogens is 276 g/mol. The molecule has 0 bridgehead atoms. The van der Waals surface area contributed by atoms with Crippen molar-refractivity contribution in [3.63, 3.8) is 0 Å². The quantitative estimate of drug-likeness (QED) is 0.919. The van der Waals surface area contributed by atoms with E-state index in [1.165, 1.54) is 0 Å². The number of pyridine rings is 2. The van der Waals surface area contributed by atoms with Crippen LogP contribution in [0.5, 0.6) is 0 Å². The maximum atomic E-state index is 9.46. The van der Waals surface area contributed by atoms with Gasteiger partial charge < -0.3 is 10.5 Å². The normalized spacial score (nSPS) is 14.3. The molecule has 1 aliphatic rings. The summed E-state index contributed by atoms with van der Waals surface area (Å²) >= 11 is 0. The number of hydrogen-bond acceptors (Lipinski definition) is 5. The summed E-state index contributed by atoms with van der Waals surface area (Å²) in [5.41, 5.74) is 11.4. The van der Waals surface area contributed by atoms with Crippen molar-refractivity contribution in [3.05, 3.63) is 47.6 Å². The smallest absolute Gasteiger partial charge is 0.101 e. The largest absolute Gasteiger partial charge is 0.397 e. The zero-order chi connectivity index (χ0) is 15.5. The van der Waals surface area contributed by atoms with Gasteiger partial charge in [-0.3, -0.25) is 9.97 Å². The molecule has 5 heteroatoms. The Bertz CT molecular complexity index is 790. The lowest BCUT2D eigenvalue weighted by atomic mass is 9.98. The van der Waals surface area contributed by atoms with Crippen LogP contribution in [-0.4, -0.2) is 23.2 Å². The maximum Gasteiger partial charge on any atom is 0.101 e. The zero-order valence-electron chi connectivity index (χ0n) is 12.3. The Kier molecular flexibility index (Phi) is 3.86. The minimum Gasteiger partial charge on any atom is -0.397 e. The summed E-state index contributed by atoms with van der Waals surface area (Å²) in [4.78, 5) is 8.76. The highest BCUT2D eigenvalue weighted by atomic mass is 16.5. The summed E-state index contributed by atoms with van der Waals surface area (Å²) in [5.74, 6) is 0. The van der Waals surface area contributed by atoms with E-state index >= 15 is 0 Å². The molecular formula is C17H16N4O. The Labute approximate surface area is 129 Å². The molecule has 2 N–H and O–H groups in total. The van der Waals surface area contributed by atoms with Gasteiger partial charge in [0.05, 0.1) is 36.4 Å². The molecule has 3 rings (SSSR count). The van der Waals surface area contributed by atoms with E-state index in [-0.39, 0.29) is 0 Å². The summed E-state index contributed by atoms with van der Waals surface area (Å²) in [6.07, 6.45) is 6.16. The Morgan fingerprint density at radius 3 is 2.86 bits per heavy atom. The lowest BCUT2D eigenvalue weighted by Gasteiger charge is -2.15. The van der Waals surface area contributed by atoms with Crippen LogP contribution in [-0.2, 0) is 4.74 Å². The van der Waals surface area contributed by atoms with Gasteiger partial charge in [-0.2, -0.15) is 5.26 Å². The maximum absolute atomic E-state index is 9.46. The molecule has 0 saturated carbocycles. The first kappa shape index (κ1) is 14.2. The van der Waals surface area contributed by atoms with E-state index in [9.17, 15) is 5.26 Å². The van der Waals surface area contributed by atoms with Gasteiger partial charge in [-0.15, -0.1) is 0 Å². The van der Waals surface area contributed by atoms with Gasteiger partial charge >= 0.3 is 0 Å². The number of nitrogens with zero attached hydrogens (tertiary/aromatic N) is 3. The van der Waals surface area contributed by atoms with Crippen LogP contribution in [0.2, 0.25) is 0 Å². The molecule has 0 aromatic carbocycles. The third-order valence-electron chi connectivity index (χ3n) is 3.69. The summed E-state index contributed by atoms with van der Waals surface area (Å²) in [6, 6.07) is 5.95. The number of anilines is 1. The zero-order valence-corrected chi connectivity index (χ0v) is 12.3. The molecule has 1 aliphatic heterocycles. The van der Waals surface area contributed by atoms with Gasteiger partial charge in [0, 0.05) is 23.0 Å².